The Morgan fingerprint density at radius 1 is 1.06 bits per heavy atom. The molecule has 2 aromatic carbocycles. The second-order valence-corrected chi connectivity index (χ2v) is 4.03. The zero-order valence-electron chi connectivity index (χ0n) is 9.88. The molecule has 0 saturated carbocycles. The summed E-state index contributed by atoms with van der Waals surface area (Å²) in [5.41, 5.74) is 1.64. The molecule has 1 aromatic heterocycles. The van der Waals surface area contributed by atoms with Crippen molar-refractivity contribution in [3.63, 3.8) is 0 Å². The summed E-state index contributed by atoms with van der Waals surface area (Å²) in [5.74, 6) is 1.73. The quantitative estimate of drug-likeness (QED) is 0.740. The van der Waals surface area contributed by atoms with Gasteiger partial charge in [-0.15, -0.1) is 0 Å². The highest BCUT2D eigenvalue weighted by atomic mass is 16.5. The SMILES string of the molecule is COc1ccccc1-c1cc2cc(O)ccc2o1. The normalized spacial score (nSPS) is 10.7. The molecular formula is C15H12O3. The fraction of sp³-hybridized carbons (Fsp3) is 0.0667. The minimum absolute atomic E-state index is 0.231. The summed E-state index contributed by atoms with van der Waals surface area (Å²) in [5, 5.41) is 10.3. The number of furan rings is 1. The maximum Gasteiger partial charge on any atom is 0.139 e. The van der Waals surface area contributed by atoms with Gasteiger partial charge < -0.3 is 14.3 Å². The van der Waals surface area contributed by atoms with E-state index in [1.165, 1.54) is 0 Å². The van der Waals surface area contributed by atoms with E-state index >= 15 is 0 Å². The van der Waals surface area contributed by atoms with Crippen LogP contribution in [0.1, 0.15) is 0 Å². The van der Waals surface area contributed by atoms with Gasteiger partial charge in [0.05, 0.1) is 12.7 Å². The molecule has 0 aliphatic rings. The number of hydrogen-bond acceptors (Lipinski definition) is 3. The molecule has 0 aliphatic heterocycles. The molecule has 0 unspecified atom stereocenters. The molecule has 0 atom stereocenters. The third-order valence-electron chi connectivity index (χ3n) is 2.87. The Morgan fingerprint density at radius 2 is 1.89 bits per heavy atom. The van der Waals surface area contributed by atoms with E-state index in [1.807, 2.05) is 30.3 Å². The van der Waals surface area contributed by atoms with Gasteiger partial charge in [0.25, 0.3) is 0 Å². The van der Waals surface area contributed by atoms with Crippen LogP contribution in [0.15, 0.2) is 52.9 Å². The predicted molar refractivity (Wildman–Crippen MR) is 69.9 cm³/mol. The Morgan fingerprint density at radius 3 is 2.72 bits per heavy atom. The van der Waals surface area contributed by atoms with Crippen LogP contribution in [0.2, 0.25) is 0 Å². The molecule has 90 valence electrons. The zero-order chi connectivity index (χ0) is 12.5. The lowest BCUT2D eigenvalue weighted by atomic mass is 10.1. The van der Waals surface area contributed by atoms with Gasteiger partial charge in [0.1, 0.15) is 22.8 Å². The summed E-state index contributed by atoms with van der Waals surface area (Å²) in [7, 11) is 1.63. The molecule has 3 nitrogen and oxygen atoms in total. The topological polar surface area (TPSA) is 42.6 Å². The molecule has 3 rings (SSSR count). The fourth-order valence-electron chi connectivity index (χ4n) is 2.01. The molecular weight excluding hydrogens is 228 g/mol. The van der Waals surface area contributed by atoms with E-state index in [0.717, 1.165) is 28.0 Å². The van der Waals surface area contributed by atoms with Crippen molar-refractivity contribution >= 4 is 11.0 Å². The second kappa shape index (κ2) is 4.11. The van der Waals surface area contributed by atoms with E-state index < -0.39 is 0 Å². The second-order valence-electron chi connectivity index (χ2n) is 4.03. The minimum atomic E-state index is 0.231. The van der Waals surface area contributed by atoms with Crippen LogP contribution in [-0.4, -0.2) is 12.2 Å². The van der Waals surface area contributed by atoms with Crippen molar-refractivity contribution in [2.45, 2.75) is 0 Å². The fourth-order valence-corrected chi connectivity index (χ4v) is 2.01. The van der Waals surface area contributed by atoms with Crippen LogP contribution in [0.25, 0.3) is 22.3 Å². The van der Waals surface area contributed by atoms with Crippen LogP contribution in [0.4, 0.5) is 0 Å². The van der Waals surface area contributed by atoms with Crippen molar-refractivity contribution in [1.29, 1.82) is 0 Å². The van der Waals surface area contributed by atoms with Crippen LogP contribution in [-0.2, 0) is 0 Å². The highest BCUT2D eigenvalue weighted by molar-refractivity contribution is 5.85. The maximum atomic E-state index is 9.44. The van der Waals surface area contributed by atoms with E-state index in [1.54, 1.807) is 25.3 Å². The summed E-state index contributed by atoms with van der Waals surface area (Å²) in [6.07, 6.45) is 0. The first-order chi connectivity index (χ1) is 8.78. The predicted octanol–water partition coefficient (Wildman–Crippen LogP) is 3.81. The van der Waals surface area contributed by atoms with Gasteiger partial charge in [-0.1, -0.05) is 12.1 Å². The highest BCUT2D eigenvalue weighted by Crippen LogP contribution is 2.34. The maximum absolute atomic E-state index is 9.44. The number of phenols is 1. The smallest absolute Gasteiger partial charge is 0.139 e. The Balaban J connectivity index is 2.19. The molecule has 0 aliphatic carbocycles. The third-order valence-corrected chi connectivity index (χ3v) is 2.87. The standard InChI is InChI=1S/C15H12O3/c1-17-14-5-3-2-4-12(14)15-9-10-8-11(16)6-7-13(10)18-15/h2-9,16H,1H3. The number of rotatable bonds is 2. The lowest BCUT2D eigenvalue weighted by molar-refractivity contribution is 0.415. The van der Waals surface area contributed by atoms with Gasteiger partial charge >= 0.3 is 0 Å². The minimum Gasteiger partial charge on any atom is -0.508 e. The average Bonchev–Trinajstić information content (AvgIpc) is 2.81. The summed E-state index contributed by atoms with van der Waals surface area (Å²) in [6, 6.07) is 14.6. The molecule has 0 fully saturated rings. The van der Waals surface area contributed by atoms with E-state index in [4.69, 9.17) is 9.15 Å². The van der Waals surface area contributed by atoms with Crippen LogP contribution in [0.3, 0.4) is 0 Å². The first-order valence-corrected chi connectivity index (χ1v) is 5.64. The number of fused-ring (bicyclic) bond motifs is 1. The van der Waals surface area contributed by atoms with Crippen molar-refractivity contribution in [2.24, 2.45) is 0 Å². The largest absolute Gasteiger partial charge is 0.508 e. The average molecular weight is 240 g/mol. The number of para-hydroxylation sites is 1. The molecule has 0 spiro atoms. The number of benzene rings is 2. The number of aromatic hydroxyl groups is 1. The number of hydrogen-bond donors (Lipinski definition) is 1. The first-order valence-electron chi connectivity index (χ1n) is 5.64. The van der Waals surface area contributed by atoms with Gasteiger partial charge in [-0.25, -0.2) is 0 Å². The van der Waals surface area contributed by atoms with Gasteiger partial charge in [0, 0.05) is 5.39 Å². The van der Waals surface area contributed by atoms with Gasteiger partial charge in [-0.3, -0.25) is 0 Å². The first kappa shape index (κ1) is 10.7. The van der Waals surface area contributed by atoms with E-state index in [-0.39, 0.29) is 5.75 Å². The number of methoxy groups -OCH3 is 1. The third kappa shape index (κ3) is 1.70. The molecule has 0 bridgehead atoms. The molecule has 0 saturated heterocycles. The Hall–Kier alpha value is -2.42. The van der Waals surface area contributed by atoms with Gasteiger partial charge in [0.2, 0.25) is 0 Å². The summed E-state index contributed by atoms with van der Waals surface area (Å²) < 4.78 is 11.1. The molecule has 3 heteroatoms. The number of phenolic OH excluding ortho intramolecular Hbond substituents is 1. The Labute approximate surface area is 104 Å². The van der Waals surface area contributed by atoms with Crippen molar-refractivity contribution < 1.29 is 14.3 Å². The highest BCUT2D eigenvalue weighted by Gasteiger charge is 2.10. The van der Waals surface area contributed by atoms with Crippen molar-refractivity contribution in [3.05, 3.63) is 48.5 Å². The molecule has 0 amide bonds. The van der Waals surface area contributed by atoms with Crippen molar-refractivity contribution in [2.75, 3.05) is 7.11 Å². The molecule has 1 N–H and O–H groups in total. The number of ether oxygens (including phenoxy) is 1. The van der Waals surface area contributed by atoms with E-state index in [9.17, 15) is 5.11 Å². The van der Waals surface area contributed by atoms with Crippen LogP contribution < -0.4 is 4.74 Å². The summed E-state index contributed by atoms with van der Waals surface area (Å²) >= 11 is 0. The Kier molecular flexibility index (Phi) is 2.45. The van der Waals surface area contributed by atoms with Crippen LogP contribution >= 0.6 is 0 Å². The molecule has 0 radical (unpaired) electrons. The van der Waals surface area contributed by atoms with Crippen LogP contribution in [0.5, 0.6) is 11.5 Å². The molecule has 18 heavy (non-hydrogen) atoms. The zero-order valence-corrected chi connectivity index (χ0v) is 9.88. The van der Waals surface area contributed by atoms with Crippen molar-refractivity contribution in [1.82, 2.24) is 0 Å². The van der Waals surface area contributed by atoms with Crippen molar-refractivity contribution in [3.8, 4) is 22.8 Å². The molecule has 3 aromatic rings. The van der Waals surface area contributed by atoms with Gasteiger partial charge in [-0.2, -0.15) is 0 Å². The summed E-state index contributed by atoms with van der Waals surface area (Å²) in [6.45, 7) is 0. The van der Waals surface area contributed by atoms with E-state index in [0.29, 0.717) is 0 Å². The lowest BCUT2D eigenvalue weighted by Crippen LogP contribution is -1.85. The molecule has 1 heterocycles. The van der Waals surface area contributed by atoms with Gasteiger partial charge in [0.15, 0.2) is 0 Å². The monoisotopic (exact) mass is 240 g/mol. The Bertz CT molecular complexity index is 698. The van der Waals surface area contributed by atoms with E-state index in [2.05, 4.69) is 0 Å². The van der Waals surface area contributed by atoms with Gasteiger partial charge in [-0.05, 0) is 36.4 Å². The van der Waals surface area contributed by atoms with Crippen LogP contribution in [0, 0.1) is 0 Å². The summed E-state index contributed by atoms with van der Waals surface area (Å²) in [4.78, 5) is 0. The lowest BCUT2D eigenvalue weighted by Gasteiger charge is -2.04.